The van der Waals surface area contributed by atoms with Crippen molar-refractivity contribution in [1.29, 1.82) is 0 Å². The molecule has 0 heterocycles. The van der Waals surface area contributed by atoms with Gasteiger partial charge in [0.2, 0.25) is 10.0 Å². The van der Waals surface area contributed by atoms with E-state index in [0.717, 1.165) is 25.3 Å². The maximum atomic E-state index is 12.7. The lowest BCUT2D eigenvalue weighted by molar-refractivity contribution is 0.0696. The largest absolute Gasteiger partial charge is 0.478 e. The molecule has 0 aromatic heterocycles. The van der Waals surface area contributed by atoms with Crippen molar-refractivity contribution in [3.63, 3.8) is 0 Å². The summed E-state index contributed by atoms with van der Waals surface area (Å²) >= 11 is 0. The summed E-state index contributed by atoms with van der Waals surface area (Å²) in [4.78, 5) is 11.1. The molecule has 7 nitrogen and oxygen atoms in total. The van der Waals surface area contributed by atoms with E-state index in [1.807, 2.05) is 0 Å². The number of carbonyl (C=O) groups is 1. The van der Waals surface area contributed by atoms with Crippen LogP contribution in [-0.2, 0) is 10.0 Å². The standard InChI is InChI=1S/C18H26N2O5S/c21-12-4-10-19-16-8-7-15(18(22)23)13-17(16)26(24,25)20-11-9-14-5-2-1-3-6-14/h5,7-8,13,19-21H,1-4,6,9-12H2,(H,22,23). The van der Waals surface area contributed by atoms with Gasteiger partial charge in [-0.15, -0.1) is 0 Å². The van der Waals surface area contributed by atoms with E-state index in [9.17, 15) is 13.2 Å². The smallest absolute Gasteiger partial charge is 0.335 e. The maximum Gasteiger partial charge on any atom is 0.335 e. The molecule has 2 rings (SSSR count). The number of hydrogen-bond donors (Lipinski definition) is 4. The molecule has 1 aliphatic carbocycles. The van der Waals surface area contributed by atoms with E-state index >= 15 is 0 Å². The Morgan fingerprint density at radius 3 is 2.65 bits per heavy atom. The highest BCUT2D eigenvalue weighted by Crippen LogP contribution is 2.24. The van der Waals surface area contributed by atoms with Crippen LogP contribution in [0.15, 0.2) is 34.7 Å². The predicted octanol–water partition coefficient (Wildman–Crippen LogP) is 2.35. The van der Waals surface area contributed by atoms with Crippen LogP contribution in [0.1, 0.15) is 48.9 Å². The van der Waals surface area contributed by atoms with E-state index < -0.39 is 16.0 Å². The van der Waals surface area contributed by atoms with Crippen LogP contribution < -0.4 is 10.0 Å². The Labute approximate surface area is 154 Å². The molecule has 144 valence electrons. The Balaban J connectivity index is 2.14. The topological polar surface area (TPSA) is 116 Å². The number of hydrogen-bond acceptors (Lipinski definition) is 5. The van der Waals surface area contributed by atoms with Crippen LogP contribution >= 0.6 is 0 Å². The molecule has 0 saturated carbocycles. The van der Waals surface area contributed by atoms with Gasteiger partial charge >= 0.3 is 5.97 Å². The minimum absolute atomic E-state index is 0.0182. The molecule has 0 spiro atoms. The molecule has 0 aliphatic heterocycles. The van der Waals surface area contributed by atoms with Gasteiger partial charge in [-0.25, -0.2) is 17.9 Å². The minimum atomic E-state index is -3.85. The third-order valence-corrected chi connectivity index (χ3v) is 5.79. The Bertz CT molecular complexity index is 759. The van der Waals surface area contributed by atoms with Crippen molar-refractivity contribution in [1.82, 2.24) is 4.72 Å². The number of benzene rings is 1. The van der Waals surface area contributed by atoms with E-state index in [1.54, 1.807) is 0 Å². The molecule has 1 aliphatic rings. The number of rotatable bonds is 10. The molecule has 0 saturated heterocycles. The molecule has 0 fully saturated rings. The quantitative estimate of drug-likeness (QED) is 0.365. The first-order valence-corrected chi connectivity index (χ1v) is 10.3. The second-order valence-corrected chi connectivity index (χ2v) is 8.01. The van der Waals surface area contributed by atoms with E-state index in [0.29, 0.717) is 25.1 Å². The predicted molar refractivity (Wildman–Crippen MR) is 100.0 cm³/mol. The van der Waals surface area contributed by atoms with Crippen molar-refractivity contribution < 1.29 is 23.4 Å². The summed E-state index contributed by atoms with van der Waals surface area (Å²) in [5, 5.41) is 21.0. The van der Waals surface area contributed by atoms with Crippen LogP contribution in [0, 0.1) is 0 Å². The molecular weight excluding hydrogens is 356 g/mol. The van der Waals surface area contributed by atoms with Crippen LogP contribution in [0.5, 0.6) is 0 Å². The van der Waals surface area contributed by atoms with Gasteiger partial charge in [-0.05, 0) is 56.7 Å². The lowest BCUT2D eigenvalue weighted by Gasteiger charge is -2.15. The first-order chi connectivity index (χ1) is 12.4. The van der Waals surface area contributed by atoms with Crippen LogP contribution in [0.25, 0.3) is 0 Å². The fourth-order valence-corrected chi connectivity index (χ4v) is 4.12. The summed E-state index contributed by atoms with van der Waals surface area (Å²) in [6.07, 6.45) is 7.65. The third-order valence-electron chi connectivity index (χ3n) is 4.29. The second-order valence-electron chi connectivity index (χ2n) is 6.28. The van der Waals surface area contributed by atoms with Gasteiger partial charge in [0.1, 0.15) is 4.90 Å². The van der Waals surface area contributed by atoms with Crippen molar-refractivity contribution in [2.45, 2.75) is 43.4 Å². The molecule has 0 atom stereocenters. The maximum absolute atomic E-state index is 12.7. The molecule has 26 heavy (non-hydrogen) atoms. The molecule has 1 aromatic rings. The van der Waals surface area contributed by atoms with E-state index in [2.05, 4.69) is 16.1 Å². The van der Waals surface area contributed by atoms with Crippen molar-refractivity contribution in [3.05, 3.63) is 35.4 Å². The average Bonchev–Trinajstić information content (AvgIpc) is 2.62. The van der Waals surface area contributed by atoms with Crippen molar-refractivity contribution in [2.75, 3.05) is 25.0 Å². The molecular formula is C18H26N2O5S. The van der Waals surface area contributed by atoms with Gasteiger partial charge in [-0.3, -0.25) is 0 Å². The summed E-state index contributed by atoms with van der Waals surface area (Å²) in [5.74, 6) is -1.18. The Kier molecular flexibility index (Phi) is 7.62. The normalized spacial score (nSPS) is 14.7. The van der Waals surface area contributed by atoms with Crippen molar-refractivity contribution in [2.24, 2.45) is 0 Å². The minimum Gasteiger partial charge on any atom is -0.478 e. The van der Waals surface area contributed by atoms with Crippen molar-refractivity contribution >= 4 is 21.7 Å². The van der Waals surface area contributed by atoms with Gasteiger partial charge in [0.15, 0.2) is 0 Å². The van der Waals surface area contributed by atoms with Gasteiger partial charge in [-0.2, -0.15) is 0 Å². The zero-order valence-electron chi connectivity index (χ0n) is 14.7. The van der Waals surface area contributed by atoms with Gasteiger partial charge in [0, 0.05) is 19.7 Å². The number of aliphatic hydroxyl groups is 1. The van der Waals surface area contributed by atoms with Crippen LogP contribution in [0.4, 0.5) is 5.69 Å². The summed E-state index contributed by atoms with van der Waals surface area (Å²) in [7, 11) is -3.85. The van der Waals surface area contributed by atoms with Gasteiger partial charge < -0.3 is 15.5 Å². The van der Waals surface area contributed by atoms with Gasteiger partial charge in [-0.1, -0.05) is 11.6 Å². The molecule has 0 bridgehead atoms. The summed E-state index contributed by atoms with van der Waals surface area (Å²) in [5.41, 5.74) is 1.50. The summed E-state index contributed by atoms with van der Waals surface area (Å²) < 4.78 is 27.9. The Morgan fingerprint density at radius 2 is 2.00 bits per heavy atom. The molecule has 4 N–H and O–H groups in total. The number of sulfonamides is 1. The van der Waals surface area contributed by atoms with Crippen LogP contribution in [0.3, 0.4) is 0 Å². The van der Waals surface area contributed by atoms with E-state index in [4.69, 9.17) is 10.2 Å². The fourth-order valence-electron chi connectivity index (χ4n) is 2.88. The number of nitrogens with one attached hydrogen (secondary N) is 2. The van der Waals surface area contributed by atoms with Gasteiger partial charge in [0.25, 0.3) is 0 Å². The zero-order chi connectivity index (χ0) is 19.0. The first-order valence-electron chi connectivity index (χ1n) is 8.83. The number of carboxylic acids is 1. The second kappa shape index (κ2) is 9.70. The number of carboxylic acid groups (broad SMARTS) is 1. The highest BCUT2D eigenvalue weighted by molar-refractivity contribution is 7.89. The van der Waals surface area contributed by atoms with Crippen molar-refractivity contribution in [3.8, 4) is 0 Å². The van der Waals surface area contributed by atoms with Crippen LogP contribution in [-0.4, -0.2) is 44.3 Å². The van der Waals surface area contributed by atoms with E-state index in [-0.39, 0.29) is 23.6 Å². The molecule has 8 heteroatoms. The Hall–Kier alpha value is -1.90. The molecule has 1 aromatic carbocycles. The zero-order valence-corrected chi connectivity index (χ0v) is 15.5. The molecule has 0 unspecified atom stereocenters. The Morgan fingerprint density at radius 1 is 1.19 bits per heavy atom. The number of aromatic carboxylic acids is 1. The number of anilines is 1. The molecule has 0 radical (unpaired) electrons. The number of allylic oxidation sites excluding steroid dienone is 1. The summed E-state index contributed by atoms with van der Waals surface area (Å²) in [6, 6.07) is 3.96. The van der Waals surface area contributed by atoms with E-state index in [1.165, 1.54) is 24.1 Å². The lowest BCUT2D eigenvalue weighted by atomic mass is 9.97. The highest BCUT2D eigenvalue weighted by atomic mass is 32.2. The fraction of sp³-hybridized carbons (Fsp3) is 0.500. The highest BCUT2D eigenvalue weighted by Gasteiger charge is 2.20. The monoisotopic (exact) mass is 382 g/mol. The van der Waals surface area contributed by atoms with Gasteiger partial charge in [0.05, 0.1) is 11.3 Å². The third kappa shape index (κ3) is 5.82. The lowest BCUT2D eigenvalue weighted by Crippen LogP contribution is -2.26. The first kappa shape index (κ1) is 20.4. The SMILES string of the molecule is O=C(O)c1ccc(NCCCO)c(S(=O)(=O)NCCC2=CCCCC2)c1. The van der Waals surface area contributed by atoms with Crippen LogP contribution in [0.2, 0.25) is 0 Å². The average molecular weight is 382 g/mol. The summed E-state index contributed by atoms with van der Waals surface area (Å²) in [6.45, 7) is 0.648. The molecule has 0 amide bonds. The number of aliphatic hydroxyl groups excluding tert-OH is 1.